The maximum absolute atomic E-state index is 3.37. The molecule has 1 heteroatoms. The fourth-order valence-electron chi connectivity index (χ4n) is 1.71. The average molecular weight is 212 g/mol. The Morgan fingerprint density at radius 3 is 1.93 bits per heavy atom. The molecule has 0 heterocycles. The predicted octanol–water partition coefficient (Wildman–Crippen LogP) is 4.68. The summed E-state index contributed by atoms with van der Waals surface area (Å²) in [5, 5.41) is 3.37. The van der Waals surface area contributed by atoms with Crippen LogP contribution in [0.2, 0.25) is 0 Å². The highest BCUT2D eigenvalue weighted by atomic mass is 14.8. The molecule has 0 aromatic rings. The van der Waals surface area contributed by atoms with Crippen molar-refractivity contribution in [3.63, 3.8) is 0 Å². The Balaban J connectivity index is 2.81. The topological polar surface area (TPSA) is 12.0 Å². The molecule has 0 atom stereocenters. The molecule has 1 radical (unpaired) electrons. The van der Waals surface area contributed by atoms with Gasteiger partial charge in [0.25, 0.3) is 0 Å². The van der Waals surface area contributed by atoms with Crippen LogP contribution in [0.4, 0.5) is 0 Å². The van der Waals surface area contributed by atoms with Crippen LogP contribution in [0.5, 0.6) is 0 Å². The lowest BCUT2D eigenvalue weighted by Gasteiger charge is -2.03. The van der Waals surface area contributed by atoms with Gasteiger partial charge in [-0.3, -0.25) is 0 Å². The summed E-state index contributed by atoms with van der Waals surface area (Å²) in [5.41, 5.74) is 0. The summed E-state index contributed by atoms with van der Waals surface area (Å²) < 4.78 is 0. The molecular weight excluding hydrogens is 182 g/mol. The zero-order chi connectivity index (χ0) is 11.2. The zero-order valence-corrected chi connectivity index (χ0v) is 10.9. The van der Waals surface area contributed by atoms with Crippen molar-refractivity contribution in [2.24, 2.45) is 0 Å². The number of unbranched alkanes of at least 4 members (excludes halogenated alkanes) is 8. The lowest BCUT2D eigenvalue weighted by atomic mass is 10.1. The highest BCUT2D eigenvalue weighted by Crippen LogP contribution is 2.07. The van der Waals surface area contributed by atoms with Gasteiger partial charge in [0.2, 0.25) is 0 Å². The molecule has 0 rings (SSSR count). The number of hydrogen-bond donors (Lipinski definition) is 1. The first-order valence-corrected chi connectivity index (χ1v) is 6.96. The van der Waals surface area contributed by atoms with Crippen LogP contribution < -0.4 is 5.32 Å². The van der Waals surface area contributed by atoms with E-state index in [1.807, 2.05) is 0 Å². The van der Waals surface area contributed by atoms with Crippen LogP contribution in [0.1, 0.15) is 78.1 Å². The van der Waals surface area contributed by atoms with Crippen molar-refractivity contribution in [1.29, 1.82) is 0 Å². The van der Waals surface area contributed by atoms with Crippen LogP contribution in [-0.2, 0) is 0 Å². The molecule has 91 valence electrons. The van der Waals surface area contributed by atoms with Gasteiger partial charge in [0.1, 0.15) is 0 Å². The van der Waals surface area contributed by atoms with E-state index in [1.54, 1.807) is 0 Å². The Kier molecular flexibility index (Phi) is 13.9. The Morgan fingerprint density at radius 2 is 1.33 bits per heavy atom. The largest absolute Gasteiger partial charge is 0.312 e. The van der Waals surface area contributed by atoms with Crippen molar-refractivity contribution < 1.29 is 0 Å². The summed E-state index contributed by atoms with van der Waals surface area (Å²) in [6, 6.07) is 0. The predicted molar refractivity (Wildman–Crippen MR) is 69.8 cm³/mol. The van der Waals surface area contributed by atoms with Crippen LogP contribution in [0.15, 0.2) is 0 Å². The van der Waals surface area contributed by atoms with Crippen LogP contribution in [-0.4, -0.2) is 6.54 Å². The minimum Gasteiger partial charge on any atom is -0.312 e. The molecule has 0 aliphatic carbocycles. The number of rotatable bonds is 12. The van der Waals surface area contributed by atoms with Gasteiger partial charge in [-0.1, -0.05) is 65.2 Å². The van der Waals surface area contributed by atoms with Crippen molar-refractivity contribution in [2.75, 3.05) is 6.54 Å². The van der Waals surface area contributed by atoms with Gasteiger partial charge in [-0.25, -0.2) is 0 Å². The van der Waals surface area contributed by atoms with Crippen molar-refractivity contribution in [3.8, 4) is 0 Å². The summed E-state index contributed by atoms with van der Waals surface area (Å²) in [7, 11) is 0. The first-order chi connectivity index (χ1) is 7.41. The van der Waals surface area contributed by atoms with Crippen molar-refractivity contribution >= 4 is 0 Å². The molecule has 0 unspecified atom stereocenters. The zero-order valence-electron chi connectivity index (χ0n) is 10.9. The monoisotopic (exact) mass is 212 g/mol. The maximum Gasteiger partial charge on any atom is 0.0221 e. The smallest absolute Gasteiger partial charge is 0.0221 e. The molecule has 0 aliphatic rings. The van der Waals surface area contributed by atoms with E-state index < -0.39 is 0 Å². The van der Waals surface area contributed by atoms with Crippen molar-refractivity contribution in [3.05, 3.63) is 6.54 Å². The number of hydrogen-bond acceptors (Lipinski definition) is 1. The quantitative estimate of drug-likeness (QED) is 0.463. The van der Waals surface area contributed by atoms with E-state index in [9.17, 15) is 0 Å². The van der Waals surface area contributed by atoms with Crippen molar-refractivity contribution in [1.82, 2.24) is 5.32 Å². The second-order valence-corrected chi connectivity index (χ2v) is 4.42. The highest BCUT2D eigenvalue weighted by molar-refractivity contribution is 4.60. The molecular formula is C14H30N. The van der Waals surface area contributed by atoms with E-state index in [4.69, 9.17) is 0 Å². The molecule has 15 heavy (non-hydrogen) atoms. The Hall–Kier alpha value is -0.0400. The summed E-state index contributed by atoms with van der Waals surface area (Å²) in [6.07, 6.45) is 13.7. The molecule has 0 aromatic heterocycles. The van der Waals surface area contributed by atoms with Crippen molar-refractivity contribution in [2.45, 2.75) is 78.1 Å². The van der Waals surface area contributed by atoms with Gasteiger partial charge >= 0.3 is 0 Å². The molecule has 0 fully saturated rings. The minimum absolute atomic E-state index is 1.18. The van der Waals surface area contributed by atoms with E-state index in [1.165, 1.54) is 70.8 Å². The van der Waals surface area contributed by atoms with Crippen LogP contribution in [0, 0.1) is 6.54 Å². The molecule has 1 nitrogen and oxygen atoms in total. The first-order valence-electron chi connectivity index (χ1n) is 6.96. The van der Waals surface area contributed by atoms with Crippen LogP contribution >= 0.6 is 0 Å². The molecule has 0 aromatic carbocycles. The normalized spacial score (nSPS) is 10.8. The summed E-state index contributed by atoms with van der Waals surface area (Å²) >= 11 is 0. The molecule has 0 spiro atoms. The molecule has 0 saturated heterocycles. The van der Waals surface area contributed by atoms with Gasteiger partial charge in [-0.15, -0.1) is 0 Å². The molecule has 0 bridgehead atoms. The lowest BCUT2D eigenvalue weighted by molar-refractivity contribution is 0.564. The van der Waals surface area contributed by atoms with Gasteiger partial charge in [-0.2, -0.15) is 0 Å². The Labute approximate surface area is 97.0 Å². The second-order valence-electron chi connectivity index (χ2n) is 4.42. The van der Waals surface area contributed by atoms with E-state index in [2.05, 4.69) is 25.7 Å². The standard InChI is InChI=1S/C14H30N/c1-3-5-7-8-9-10-11-12-14-15-13-6-4-2/h13,15H,3-12,14H2,1-2H3. The minimum atomic E-state index is 1.18. The highest BCUT2D eigenvalue weighted by Gasteiger charge is 1.91. The summed E-state index contributed by atoms with van der Waals surface area (Å²) in [6.45, 7) is 7.88. The Morgan fingerprint density at radius 1 is 0.733 bits per heavy atom. The van der Waals surface area contributed by atoms with Gasteiger partial charge in [0.15, 0.2) is 0 Å². The van der Waals surface area contributed by atoms with E-state index >= 15 is 0 Å². The fraction of sp³-hybridized carbons (Fsp3) is 0.929. The Bertz CT molecular complexity index is 89.5. The van der Waals surface area contributed by atoms with Gasteiger partial charge in [-0.05, 0) is 19.4 Å². The molecule has 0 amide bonds. The first kappa shape index (κ1) is 15.0. The maximum atomic E-state index is 3.37. The second kappa shape index (κ2) is 14.0. The van der Waals surface area contributed by atoms with E-state index in [-0.39, 0.29) is 0 Å². The SMILES string of the molecule is CCC[CH]NCCCCCCCCCC. The molecule has 1 N–H and O–H groups in total. The van der Waals surface area contributed by atoms with E-state index in [0.717, 1.165) is 0 Å². The van der Waals surface area contributed by atoms with Crippen LogP contribution in [0.3, 0.4) is 0 Å². The van der Waals surface area contributed by atoms with Gasteiger partial charge < -0.3 is 5.32 Å². The third-order valence-electron chi connectivity index (χ3n) is 2.75. The molecule has 0 saturated carbocycles. The van der Waals surface area contributed by atoms with Gasteiger partial charge in [0, 0.05) is 6.54 Å². The van der Waals surface area contributed by atoms with Crippen LogP contribution in [0.25, 0.3) is 0 Å². The third kappa shape index (κ3) is 14.0. The number of nitrogens with one attached hydrogen (secondary N) is 1. The van der Waals surface area contributed by atoms with Gasteiger partial charge in [0.05, 0.1) is 0 Å². The average Bonchev–Trinajstić information content (AvgIpc) is 2.26. The van der Waals surface area contributed by atoms with E-state index in [0.29, 0.717) is 0 Å². The third-order valence-corrected chi connectivity index (χ3v) is 2.75. The summed E-state index contributed by atoms with van der Waals surface area (Å²) in [4.78, 5) is 0. The summed E-state index contributed by atoms with van der Waals surface area (Å²) in [5.74, 6) is 0. The molecule has 0 aliphatic heterocycles. The lowest BCUT2D eigenvalue weighted by Crippen LogP contribution is -2.11. The fourth-order valence-corrected chi connectivity index (χ4v) is 1.71.